The molecule has 0 aliphatic rings. The van der Waals surface area contributed by atoms with Crippen molar-refractivity contribution in [1.82, 2.24) is 5.32 Å². The van der Waals surface area contributed by atoms with Gasteiger partial charge in [0.15, 0.2) is 0 Å². The summed E-state index contributed by atoms with van der Waals surface area (Å²) in [6.45, 7) is 6.83. The SMILES string of the molecule is CCc1ccccc1C(=O)NCC(Cl)CC(C)C. The predicted octanol–water partition coefficient (Wildman–Crippen LogP) is 3.63. The van der Waals surface area contributed by atoms with Gasteiger partial charge >= 0.3 is 0 Å². The topological polar surface area (TPSA) is 29.1 Å². The van der Waals surface area contributed by atoms with Crippen molar-refractivity contribution in [2.24, 2.45) is 5.92 Å². The second-order valence-electron chi connectivity index (χ2n) is 4.95. The molecule has 0 fully saturated rings. The molecule has 0 aliphatic carbocycles. The summed E-state index contributed by atoms with van der Waals surface area (Å²) in [5.74, 6) is 0.522. The van der Waals surface area contributed by atoms with E-state index < -0.39 is 0 Å². The third kappa shape index (κ3) is 4.69. The molecule has 1 atom stereocenters. The molecule has 1 unspecified atom stereocenters. The van der Waals surface area contributed by atoms with Gasteiger partial charge in [-0.15, -0.1) is 11.6 Å². The molecule has 3 heteroatoms. The van der Waals surface area contributed by atoms with Crippen LogP contribution in [0.25, 0.3) is 0 Å². The number of alkyl halides is 1. The van der Waals surface area contributed by atoms with Crippen LogP contribution in [0.4, 0.5) is 0 Å². The first-order valence-corrected chi connectivity index (χ1v) is 6.98. The summed E-state index contributed by atoms with van der Waals surface area (Å²) >= 11 is 6.17. The van der Waals surface area contributed by atoms with Gasteiger partial charge in [0.25, 0.3) is 5.91 Å². The Labute approximate surface area is 115 Å². The Kier molecular flexibility index (Phi) is 6.20. The van der Waals surface area contributed by atoms with Crippen molar-refractivity contribution < 1.29 is 4.79 Å². The van der Waals surface area contributed by atoms with Crippen LogP contribution >= 0.6 is 11.6 Å². The first-order valence-electron chi connectivity index (χ1n) is 6.54. The Balaban J connectivity index is 2.55. The average Bonchev–Trinajstić information content (AvgIpc) is 2.35. The summed E-state index contributed by atoms with van der Waals surface area (Å²) in [5.41, 5.74) is 1.83. The van der Waals surface area contributed by atoms with Crippen molar-refractivity contribution in [2.75, 3.05) is 6.54 Å². The number of aryl methyl sites for hydroxylation is 1. The third-order valence-corrected chi connectivity index (χ3v) is 3.19. The van der Waals surface area contributed by atoms with Gasteiger partial charge in [-0.05, 0) is 30.4 Å². The molecule has 2 nitrogen and oxygen atoms in total. The molecule has 0 heterocycles. The molecule has 18 heavy (non-hydrogen) atoms. The fourth-order valence-electron chi connectivity index (χ4n) is 1.94. The number of hydrogen-bond acceptors (Lipinski definition) is 1. The number of carbonyl (C=O) groups is 1. The molecule has 1 amide bonds. The van der Waals surface area contributed by atoms with Crippen molar-refractivity contribution in [3.8, 4) is 0 Å². The van der Waals surface area contributed by atoms with E-state index in [9.17, 15) is 4.79 Å². The zero-order valence-electron chi connectivity index (χ0n) is 11.4. The number of halogens is 1. The lowest BCUT2D eigenvalue weighted by Gasteiger charge is -2.14. The highest BCUT2D eigenvalue weighted by Crippen LogP contribution is 2.11. The molecule has 0 aliphatic heterocycles. The van der Waals surface area contributed by atoms with E-state index in [1.54, 1.807) is 0 Å². The standard InChI is InChI=1S/C15H22ClNO/c1-4-12-7-5-6-8-14(12)15(18)17-10-13(16)9-11(2)3/h5-8,11,13H,4,9-10H2,1-3H3,(H,17,18). The Morgan fingerprint density at radius 3 is 2.61 bits per heavy atom. The first kappa shape index (κ1) is 15.0. The molecule has 0 saturated heterocycles. The molecule has 1 N–H and O–H groups in total. The number of hydrogen-bond donors (Lipinski definition) is 1. The van der Waals surface area contributed by atoms with Gasteiger partial charge in [0.2, 0.25) is 0 Å². The molecule has 1 rings (SSSR count). The number of nitrogens with one attached hydrogen (secondary N) is 1. The first-order chi connectivity index (χ1) is 8.54. The number of carbonyl (C=O) groups excluding carboxylic acids is 1. The van der Waals surface area contributed by atoms with Crippen LogP contribution in [0.2, 0.25) is 0 Å². The van der Waals surface area contributed by atoms with Gasteiger partial charge in [-0.25, -0.2) is 0 Å². The van der Waals surface area contributed by atoms with E-state index in [4.69, 9.17) is 11.6 Å². The van der Waals surface area contributed by atoms with E-state index in [0.29, 0.717) is 12.5 Å². The lowest BCUT2D eigenvalue weighted by Crippen LogP contribution is -2.31. The summed E-state index contributed by atoms with van der Waals surface area (Å²) in [7, 11) is 0. The highest BCUT2D eigenvalue weighted by Gasteiger charge is 2.12. The van der Waals surface area contributed by atoms with Crippen molar-refractivity contribution >= 4 is 17.5 Å². The highest BCUT2D eigenvalue weighted by atomic mass is 35.5. The number of rotatable bonds is 6. The second kappa shape index (κ2) is 7.42. The van der Waals surface area contributed by atoms with Gasteiger partial charge in [0.1, 0.15) is 0 Å². The average molecular weight is 268 g/mol. The fourth-order valence-corrected chi connectivity index (χ4v) is 2.38. The Morgan fingerprint density at radius 2 is 2.00 bits per heavy atom. The Morgan fingerprint density at radius 1 is 1.33 bits per heavy atom. The maximum absolute atomic E-state index is 12.0. The molecule has 0 radical (unpaired) electrons. The van der Waals surface area contributed by atoms with Gasteiger partial charge in [0.05, 0.1) is 5.38 Å². The van der Waals surface area contributed by atoms with Crippen LogP contribution in [0.3, 0.4) is 0 Å². The van der Waals surface area contributed by atoms with Gasteiger partial charge in [0, 0.05) is 12.1 Å². The van der Waals surface area contributed by atoms with E-state index in [1.807, 2.05) is 24.3 Å². The maximum atomic E-state index is 12.0. The molecule has 1 aromatic carbocycles. The van der Waals surface area contributed by atoms with Crippen LogP contribution in [0.1, 0.15) is 43.1 Å². The van der Waals surface area contributed by atoms with E-state index in [0.717, 1.165) is 24.0 Å². The Hall–Kier alpha value is -1.02. The van der Waals surface area contributed by atoms with Crippen LogP contribution in [-0.2, 0) is 6.42 Å². The zero-order valence-corrected chi connectivity index (χ0v) is 12.1. The van der Waals surface area contributed by atoms with Crippen molar-refractivity contribution in [2.45, 2.75) is 39.0 Å². The van der Waals surface area contributed by atoms with Gasteiger partial charge in [-0.1, -0.05) is 39.0 Å². The van der Waals surface area contributed by atoms with Crippen LogP contribution in [0.5, 0.6) is 0 Å². The second-order valence-corrected chi connectivity index (χ2v) is 5.56. The van der Waals surface area contributed by atoms with E-state index in [-0.39, 0.29) is 11.3 Å². The molecule has 0 spiro atoms. The summed E-state index contributed by atoms with van der Waals surface area (Å²) < 4.78 is 0. The fraction of sp³-hybridized carbons (Fsp3) is 0.533. The van der Waals surface area contributed by atoms with E-state index in [2.05, 4.69) is 26.1 Å². The highest BCUT2D eigenvalue weighted by molar-refractivity contribution is 6.21. The minimum Gasteiger partial charge on any atom is -0.351 e. The molecular formula is C15H22ClNO. The quantitative estimate of drug-likeness (QED) is 0.784. The minimum absolute atomic E-state index is 0.00254. The monoisotopic (exact) mass is 267 g/mol. The van der Waals surface area contributed by atoms with Gasteiger partial charge in [-0.2, -0.15) is 0 Å². The summed E-state index contributed by atoms with van der Waals surface area (Å²) in [6, 6.07) is 7.69. The molecule has 0 aromatic heterocycles. The molecule has 0 bridgehead atoms. The summed E-state index contributed by atoms with van der Waals surface area (Å²) in [4.78, 5) is 12.0. The van der Waals surface area contributed by atoms with Crippen molar-refractivity contribution in [3.05, 3.63) is 35.4 Å². The third-order valence-electron chi connectivity index (χ3n) is 2.85. The van der Waals surface area contributed by atoms with Crippen LogP contribution in [0, 0.1) is 5.92 Å². The predicted molar refractivity (Wildman–Crippen MR) is 77.2 cm³/mol. The van der Waals surface area contributed by atoms with Crippen LogP contribution in [0.15, 0.2) is 24.3 Å². The lowest BCUT2D eigenvalue weighted by atomic mass is 10.0. The zero-order chi connectivity index (χ0) is 13.5. The molecule has 0 saturated carbocycles. The number of amides is 1. The van der Waals surface area contributed by atoms with Gasteiger partial charge in [-0.3, -0.25) is 4.79 Å². The molecule has 1 aromatic rings. The van der Waals surface area contributed by atoms with E-state index >= 15 is 0 Å². The lowest BCUT2D eigenvalue weighted by molar-refractivity contribution is 0.0952. The summed E-state index contributed by atoms with van der Waals surface area (Å²) in [5, 5.41) is 2.91. The molecular weight excluding hydrogens is 246 g/mol. The maximum Gasteiger partial charge on any atom is 0.251 e. The van der Waals surface area contributed by atoms with Crippen molar-refractivity contribution in [1.29, 1.82) is 0 Å². The smallest absolute Gasteiger partial charge is 0.251 e. The normalized spacial score (nSPS) is 12.5. The van der Waals surface area contributed by atoms with Crippen molar-refractivity contribution in [3.63, 3.8) is 0 Å². The number of benzene rings is 1. The minimum atomic E-state index is -0.0261. The Bertz CT molecular complexity index is 390. The largest absolute Gasteiger partial charge is 0.351 e. The van der Waals surface area contributed by atoms with E-state index in [1.165, 1.54) is 0 Å². The van der Waals surface area contributed by atoms with Crippen LogP contribution < -0.4 is 5.32 Å². The van der Waals surface area contributed by atoms with Crippen LogP contribution in [-0.4, -0.2) is 17.8 Å². The summed E-state index contributed by atoms with van der Waals surface area (Å²) in [6.07, 6.45) is 1.77. The van der Waals surface area contributed by atoms with Gasteiger partial charge < -0.3 is 5.32 Å². The molecule has 100 valence electrons.